The maximum Gasteiger partial charge on any atom is 0.330 e. The second-order valence-corrected chi connectivity index (χ2v) is 13.0. The molecule has 1 aliphatic rings. The first-order valence-corrected chi connectivity index (χ1v) is 11.2. The number of hydrogen-bond donors (Lipinski definition) is 1. The van der Waals surface area contributed by atoms with Crippen molar-refractivity contribution in [1.82, 2.24) is 9.55 Å². The molecule has 24 heavy (non-hydrogen) atoms. The van der Waals surface area contributed by atoms with Gasteiger partial charge >= 0.3 is 5.69 Å². The lowest BCUT2D eigenvalue weighted by Crippen LogP contribution is -2.42. The van der Waals surface area contributed by atoms with Gasteiger partial charge in [-0.1, -0.05) is 20.8 Å². The van der Waals surface area contributed by atoms with E-state index < -0.39 is 37.0 Å². The average Bonchev–Trinajstić information content (AvgIpc) is 2.80. The highest BCUT2D eigenvalue weighted by Crippen LogP contribution is 2.38. The van der Waals surface area contributed by atoms with Gasteiger partial charge in [0.05, 0.1) is 24.3 Å². The van der Waals surface area contributed by atoms with Gasteiger partial charge in [0.25, 0.3) is 5.56 Å². The van der Waals surface area contributed by atoms with E-state index in [0.717, 1.165) is 10.8 Å². The molecule has 0 saturated carbocycles. The summed E-state index contributed by atoms with van der Waals surface area (Å²) in [5.41, 5.74) is -1.80. The molecule has 0 unspecified atom stereocenters. The minimum absolute atomic E-state index is 0.0738. The van der Waals surface area contributed by atoms with Crippen LogP contribution in [-0.2, 0) is 9.16 Å². The number of nitrogens with one attached hydrogen (secondary N) is 1. The minimum Gasteiger partial charge on any atom is -0.414 e. The molecule has 136 valence electrons. The molecule has 3 atom stereocenters. The molecule has 0 bridgehead atoms. The highest BCUT2D eigenvalue weighted by atomic mass is 35.5. The molecular formula is C15H24ClFN2O4Si. The Hall–Kier alpha value is -0.963. The van der Waals surface area contributed by atoms with Crippen LogP contribution in [0, 0.1) is 5.82 Å². The van der Waals surface area contributed by atoms with Crippen LogP contribution in [0.1, 0.15) is 33.4 Å². The van der Waals surface area contributed by atoms with Gasteiger partial charge in [-0.2, -0.15) is 4.39 Å². The Labute approximate surface area is 146 Å². The van der Waals surface area contributed by atoms with Crippen molar-refractivity contribution in [2.75, 3.05) is 6.61 Å². The van der Waals surface area contributed by atoms with E-state index in [1.165, 1.54) is 0 Å². The topological polar surface area (TPSA) is 73.3 Å². The Morgan fingerprint density at radius 3 is 2.67 bits per heavy atom. The summed E-state index contributed by atoms with van der Waals surface area (Å²) in [6.45, 7) is 11.1. The summed E-state index contributed by atoms with van der Waals surface area (Å²) in [5, 5.41) is -0.439. The summed E-state index contributed by atoms with van der Waals surface area (Å²) >= 11 is 6.27. The summed E-state index contributed by atoms with van der Waals surface area (Å²) in [5.74, 6) is -1.05. The zero-order chi connectivity index (χ0) is 18.3. The normalized spacial score (nSPS) is 25.2. The van der Waals surface area contributed by atoms with Crippen LogP contribution < -0.4 is 11.2 Å². The van der Waals surface area contributed by atoms with Gasteiger partial charge in [-0.05, 0) is 24.6 Å². The molecule has 2 rings (SSSR count). The van der Waals surface area contributed by atoms with Gasteiger partial charge in [0.15, 0.2) is 14.5 Å². The van der Waals surface area contributed by atoms with Crippen LogP contribution in [0.4, 0.5) is 4.39 Å². The predicted molar refractivity (Wildman–Crippen MR) is 92.6 cm³/mol. The maximum atomic E-state index is 13.5. The molecule has 2 heterocycles. The molecule has 0 amide bonds. The van der Waals surface area contributed by atoms with Gasteiger partial charge in [0, 0.05) is 0 Å². The van der Waals surface area contributed by atoms with E-state index in [2.05, 4.69) is 33.9 Å². The molecule has 1 saturated heterocycles. The number of rotatable bonds is 4. The first kappa shape index (κ1) is 19.4. The van der Waals surface area contributed by atoms with Crippen LogP contribution in [0.15, 0.2) is 15.8 Å². The van der Waals surface area contributed by atoms with E-state index in [-0.39, 0.29) is 11.1 Å². The van der Waals surface area contributed by atoms with Gasteiger partial charge in [-0.15, -0.1) is 11.6 Å². The fourth-order valence-electron chi connectivity index (χ4n) is 2.22. The van der Waals surface area contributed by atoms with Crippen molar-refractivity contribution in [2.45, 2.75) is 63.0 Å². The molecule has 0 radical (unpaired) electrons. The number of ether oxygens (including phenoxy) is 1. The number of nitrogens with zero attached hydrogens (tertiary/aromatic N) is 1. The second kappa shape index (κ2) is 6.74. The molecule has 0 aromatic carbocycles. The van der Waals surface area contributed by atoms with E-state index in [4.69, 9.17) is 20.8 Å². The number of alkyl halides is 1. The fourth-order valence-corrected chi connectivity index (χ4v) is 3.64. The number of hydrogen-bond acceptors (Lipinski definition) is 4. The van der Waals surface area contributed by atoms with E-state index in [9.17, 15) is 14.0 Å². The number of aromatic amines is 1. The molecule has 1 aliphatic heterocycles. The predicted octanol–water partition coefficient (Wildman–Crippen LogP) is 2.59. The first-order chi connectivity index (χ1) is 10.9. The summed E-state index contributed by atoms with van der Waals surface area (Å²) < 4.78 is 26.3. The largest absolute Gasteiger partial charge is 0.414 e. The lowest BCUT2D eigenvalue weighted by atomic mass is 10.2. The Morgan fingerprint density at radius 2 is 2.08 bits per heavy atom. The van der Waals surface area contributed by atoms with Gasteiger partial charge in [0.1, 0.15) is 0 Å². The molecule has 9 heteroatoms. The first-order valence-electron chi connectivity index (χ1n) is 7.87. The van der Waals surface area contributed by atoms with Crippen molar-refractivity contribution in [3.05, 3.63) is 32.9 Å². The SMILES string of the molecule is CC(C)(C)[Si](C)(C)OC[C@@H]1C[C@H](Cl)[C@H](n2cc(F)c(=O)[nH]c2=O)O1. The zero-order valence-corrected chi connectivity index (χ0v) is 16.3. The summed E-state index contributed by atoms with van der Waals surface area (Å²) in [6.07, 6.45) is 0.193. The van der Waals surface area contributed by atoms with Crippen molar-refractivity contribution in [3.8, 4) is 0 Å². The third-order valence-electron chi connectivity index (χ3n) is 4.76. The van der Waals surface area contributed by atoms with Gasteiger partial charge in [0.2, 0.25) is 5.82 Å². The van der Waals surface area contributed by atoms with Crippen molar-refractivity contribution >= 4 is 19.9 Å². The third-order valence-corrected chi connectivity index (χ3v) is 9.66. The lowest BCUT2D eigenvalue weighted by Gasteiger charge is -2.36. The van der Waals surface area contributed by atoms with Crippen LogP contribution in [0.2, 0.25) is 18.1 Å². The maximum absolute atomic E-state index is 13.5. The van der Waals surface area contributed by atoms with Crippen molar-refractivity contribution in [2.24, 2.45) is 0 Å². The van der Waals surface area contributed by atoms with Crippen LogP contribution in [-0.4, -0.2) is 36.0 Å². The lowest BCUT2D eigenvalue weighted by molar-refractivity contribution is -0.0218. The summed E-state index contributed by atoms with van der Waals surface area (Å²) in [7, 11) is -1.92. The Bertz CT molecular complexity index is 713. The molecule has 1 aromatic heterocycles. The highest BCUT2D eigenvalue weighted by Gasteiger charge is 2.41. The van der Waals surface area contributed by atoms with Gasteiger partial charge in [-0.3, -0.25) is 14.3 Å². The molecule has 0 aliphatic carbocycles. The smallest absolute Gasteiger partial charge is 0.330 e. The number of H-pyrrole nitrogens is 1. The number of aromatic nitrogens is 2. The standard InChI is InChI=1S/C15H24ClFN2O4Si/c1-15(2,3)24(4,5)22-8-9-6-10(16)13(23-9)19-7-11(17)12(20)18-14(19)21/h7,9-10,13H,6,8H2,1-5H3,(H,18,20,21)/t9-,10-,13+/m0/s1. The third kappa shape index (κ3) is 3.99. The summed E-state index contributed by atoms with van der Waals surface area (Å²) in [6, 6.07) is 0. The zero-order valence-electron chi connectivity index (χ0n) is 14.6. The monoisotopic (exact) mass is 378 g/mol. The van der Waals surface area contributed by atoms with Crippen LogP contribution in [0.25, 0.3) is 0 Å². The Morgan fingerprint density at radius 1 is 1.46 bits per heavy atom. The molecule has 1 N–H and O–H groups in total. The van der Waals surface area contributed by atoms with Crippen molar-refractivity contribution in [3.63, 3.8) is 0 Å². The Kier molecular flexibility index (Phi) is 5.44. The molecule has 1 aromatic rings. The van der Waals surface area contributed by atoms with Crippen molar-refractivity contribution < 1.29 is 13.6 Å². The fraction of sp³-hybridized carbons (Fsp3) is 0.733. The van der Waals surface area contributed by atoms with Gasteiger partial charge in [-0.25, -0.2) is 4.79 Å². The molecule has 6 nitrogen and oxygen atoms in total. The summed E-state index contributed by atoms with van der Waals surface area (Å²) in [4.78, 5) is 24.9. The number of halogens is 2. The van der Waals surface area contributed by atoms with E-state index >= 15 is 0 Å². The van der Waals surface area contributed by atoms with E-state index in [1.54, 1.807) is 0 Å². The van der Waals surface area contributed by atoms with Crippen LogP contribution >= 0.6 is 11.6 Å². The van der Waals surface area contributed by atoms with E-state index in [0.29, 0.717) is 13.0 Å². The quantitative estimate of drug-likeness (QED) is 0.645. The Balaban J connectivity index is 2.09. The highest BCUT2D eigenvalue weighted by molar-refractivity contribution is 6.74. The molecular weight excluding hydrogens is 355 g/mol. The average molecular weight is 379 g/mol. The van der Waals surface area contributed by atoms with E-state index in [1.807, 2.05) is 4.98 Å². The van der Waals surface area contributed by atoms with Crippen LogP contribution in [0.3, 0.4) is 0 Å². The van der Waals surface area contributed by atoms with Crippen molar-refractivity contribution in [1.29, 1.82) is 0 Å². The van der Waals surface area contributed by atoms with Gasteiger partial charge < -0.3 is 9.16 Å². The minimum atomic E-state index is -1.92. The molecule has 0 spiro atoms. The van der Waals surface area contributed by atoms with Crippen LogP contribution in [0.5, 0.6) is 0 Å². The molecule has 1 fully saturated rings. The second-order valence-electron chi connectivity index (χ2n) is 7.62.